The number of rotatable bonds is 13. The lowest BCUT2D eigenvalue weighted by Crippen LogP contribution is -2.29. The van der Waals surface area contributed by atoms with Gasteiger partial charge in [0.1, 0.15) is 0 Å². The van der Waals surface area contributed by atoms with Crippen molar-refractivity contribution in [3.05, 3.63) is 0 Å². The van der Waals surface area contributed by atoms with Gasteiger partial charge in [-0.1, -0.05) is 52.4 Å². The normalized spacial score (nSPS) is 12.9. The van der Waals surface area contributed by atoms with Crippen LogP contribution in [0.4, 0.5) is 0 Å². The standard InChI is InChI=1S/C15H33NO/c1-4-6-8-9-10-11-15(3)16-12-14-17-13-7-5-2/h15-16H,4-14H2,1-3H3. The Kier molecular flexibility index (Phi) is 13.9. The molecule has 1 unspecified atom stereocenters. The first-order valence-electron chi connectivity index (χ1n) is 7.62. The minimum Gasteiger partial charge on any atom is -0.380 e. The van der Waals surface area contributed by atoms with Crippen molar-refractivity contribution in [2.75, 3.05) is 19.8 Å². The molecular formula is C15H33NO. The van der Waals surface area contributed by atoms with Gasteiger partial charge in [-0.25, -0.2) is 0 Å². The first-order valence-corrected chi connectivity index (χ1v) is 7.62. The fourth-order valence-corrected chi connectivity index (χ4v) is 1.88. The number of hydrogen-bond donors (Lipinski definition) is 1. The first kappa shape index (κ1) is 16.9. The van der Waals surface area contributed by atoms with E-state index in [1.807, 2.05) is 0 Å². The van der Waals surface area contributed by atoms with Crippen molar-refractivity contribution in [2.45, 2.75) is 78.2 Å². The number of hydrogen-bond acceptors (Lipinski definition) is 2. The van der Waals surface area contributed by atoms with Gasteiger partial charge in [0, 0.05) is 19.2 Å². The number of unbranched alkanes of at least 4 members (excludes halogenated alkanes) is 5. The van der Waals surface area contributed by atoms with Gasteiger partial charge < -0.3 is 10.1 Å². The zero-order chi connectivity index (χ0) is 12.8. The zero-order valence-corrected chi connectivity index (χ0v) is 12.3. The molecule has 0 fully saturated rings. The Labute approximate surface area is 109 Å². The third-order valence-corrected chi connectivity index (χ3v) is 3.12. The monoisotopic (exact) mass is 243 g/mol. The van der Waals surface area contributed by atoms with E-state index < -0.39 is 0 Å². The molecule has 0 aromatic heterocycles. The van der Waals surface area contributed by atoms with Crippen LogP contribution in [0.3, 0.4) is 0 Å². The maximum Gasteiger partial charge on any atom is 0.0590 e. The molecule has 0 rings (SSSR count). The molecule has 0 radical (unpaired) electrons. The highest BCUT2D eigenvalue weighted by molar-refractivity contribution is 4.60. The molecule has 104 valence electrons. The number of nitrogens with one attached hydrogen (secondary N) is 1. The highest BCUT2D eigenvalue weighted by atomic mass is 16.5. The predicted octanol–water partition coefficient (Wildman–Crippen LogP) is 4.14. The van der Waals surface area contributed by atoms with Crippen LogP contribution in [-0.2, 0) is 4.74 Å². The quantitative estimate of drug-likeness (QED) is 0.491. The van der Waals surface area contributed by atoms with Crippen LogP contribution in [0.15, 0.2) is 0 Å². The van der Waals surface area contributed by atoms with E-state index in [4.69, 9.17) is 4.74 Å². The van der Waals surface area contributed by atoms with E-state index in [0.717, 1.165) is 19.8 Å². The van der Waals surface area contributed by atoms with E-state index in [9.17, 15) is 0 Å². The lowest BCUT2D eigenvalue weighted by molar-refractivity contribution is 0.131. The lowest BCUT2D eigenvalue weighted by Gasteiger charge is -2.13. The topological polar surface area (TPSA) is 21.3 Å². The smallest absolute Gasteiger partial charge is 0.0590 e. The Balaban J connectivity index is 3.09. The summed E-state index contributed by atoms with van der Waals surface area (Å²) in [5.41, 5.74) is 0. The van der Waals surface area contributed by atoms with E-state index >= 15 is 0 Å². The summed E-state index contributed by atoms with van der Waals surface area (Å²) in [7, 11) is 0. The second-order valence-corrected chi connectivity index (χ2v) is 5.02. The second kappa shape index (κ2) is 14.0. The average molecular weight is 243 g/mol. The van der Waals surface area contributed by atoms with Crippen LogP contribution in [0, 0.1) is 0 Å². The van der Waals surface area contributed by atoms with Gasteiger partial charge in [0.2, 0.25) is 0 Å². The molecule has 17 heavy (non-hydrogen) atoms. The molecule has 2 nitrogen and oxygen atoms in total. The molecule has 0 aromatic rings. The summed E-state index contributed by atoms with van der Waals surface area (Å²) in [6.07, 6.45) is 10.6. The second-order valence-electron chi connectivity index (χ2n) is 5.02. The fourth-order valence-electron chi connectivity index (χ4n) is 1.88. The molecule has 0 aliphatic rings. The van der Waals surface area contributed by atoms with Gasteiger partial charge >= 0.3 is 0 Å². The van der Waals surface area contributed by atoms with Crippen molar-refractivity contribution >= 4 is 0 Å². The summed E-state index contributed by atoms with van der Waals surface area (Å²) in [5, 5.41) is 3.53. The Morgan fingerprint density at radius 1 is 0.882 bits per heavy atom. The SMILES string of the molecule is CCCCCCCC(C)NCCOCCCC. The molecule has 0 heterocycles. The summed E-state index contributed by atoms with van der Waals surface area (Å²) in [4.78, 5) is 0. The Morgan fingerprint density at radius 2 is 1.59 bits per heavy atom. The van der Waals surface area contributed by atoms with E-state index in [-0.39, 0.29) is 0 Å². The number of ether oxygens (including phenoxy) is 1. The third-order valence-electron chi connectivity index (χ3n) is 3.12. The minimum atomic E-state index is 0.645. The highest BCUT2D eigenvalue weighted by Crippen LogP contribution is 2.06. The van der Waals surface area contributed by atoms with Crippen LogP contribution >= 0.6 is 0 Å². The lowest BCUT2D eigenvalue weighted by atomic mass is 10.1. The minimum absolute atomic E-state index is 0.645. The highest BCUT2D eigenvalue weighted by Gasteiger charge is 2.00. The molecule has 0 saturated heterocycles. The van der Waals surface area contributed by atoms with Crippen LogP contribution in [0.2, 0.25) is 0 Å². The summed E-state index contributed by atoms with van der Waals surface area (Å²) in [5.74, 6) is 0. The van der Waals surface area contributed by atoms with Crippen molar-refractivity contribution in [1.82, 2.24) is 5.32 Å². The molecule has 0 saturated carbocycles. The molecule has 0 spiro atoms. The predicted molar refractivity (Wildman–Crippen MR) is 76.6 cm³/mol. The van der Waals surface area contributed by atoms with Gasteiger partial charge in [-0.3, -0.25) is 0 Å². The van der Waals surface area contributed by atoms with Crippen LogP contribution in [0.25, 0.3) is 0 Å². The van der Waals surface area contributed by atoms with Crippen molar-refractivity contribution in [2.24, 2.45) is 0 Å². The van der Waals surface area contributed by atoms with E-state index in [2.05, 4.69) is 26.1 Å². The van der Waals surface area contributed by atoms with Gasteiger partial charge in [0.15, 0.2) is 0 Å². The van der Waals surface area contributed by atoms with Gasteiger partial charge in [0.25, 0.3) is 0 Å². The maximum absolute atomic E-state index is 5.52. The van der Waals surface area contributed by atoms with Crippen molar-refractivity contribution in [1.29, 1.82) is 0 Å². The molecule has 0 aromatic carbocycles. The van der Waals surface area contributed by atoms with Crippen molar-refractivity contribution in [3.8, 4) is 0 Å². The van der Waals surface area contributed by atoms with Crippen molar-refractivity contribution in [3.63, 3.8) is 0 Å². The largest absolute Gasteiger partial charge is 0.380 e. The van der Waals surface area contributed by atoms with E-state index in [0.29, 0.717) is 6.04 Å². The Bertz CT molecular complexity index is 139. The molecule has 0 amide bonds. The molecule has 0 aliphatic carbocycles. The first-order chi connectivity index (χ1) is 8.31. The van der Waals surface area contributed by atoms with Gasteiger partial charge in [-0.2, -0.15) is 0 Å². The van der Waals surface area contributed by atoms with Gasteiger partial charge in [-0.05, 0) is 19.8 Å². The Morgan fingerprint density at radius 3 is 2.29 bits per heavy atom. The van der Waals surface area contributed by atoms with Gasteiger partial charge in [0.05, 0.1) is 6.61 Å². The maximum atomic E-state index is 5.52. The Hall–Kier alpha value is -0.0800. The fraction of sp³-hybridized carbons (Fsp3) is 1.00. The summed E-state index contributed by atoms with van der Waals surface area (Å²) >= 11 is 0. The van der Waals surface area contributed by atoms with Crippen LogP contribution < -0.4 is 5.32 Å². The van der Waals surface area contributed by atoms with Gasteiger partial charge in [-0.15, -0.1) is 0 Å². The molecule has 1 atom stereocenters. The van der Waals surface area contributed by atoms with Crippen LogP contribution in [-0.4, -0.2) is 25.8 Å². The average Bonchev–Trinajstić information content (AvgIpc) is 2.33. The zero-order valence-electron chi connectivity index (χ0n) is 12.3. The summed E-state index contributed by atoms with van der Waals surface area (Å²) in [6, 6.07) is 0.645. The molecule has 0 aliphatic heterocycles. The van der Waals surface area contributed by atoms with Crippen LogP contribution in [0.5, 0.6) is 0 Å². The molecule has 1 N–H and O–H groups in total. The van der Waals surface area contributed by atoms with Crippen molar-refractivity contribution < 1.29 is 4.74 Å². The molecule has 0 bridgehead atoms. The van der Waals surface area contributed by atoms with E-state index in [1.165, 1.54) is 51.4 Å². The molecular weight excluding hydrogens is 210 g/mol. The summed E-state index contributed by atoms with van der Waals surface area (Å²) < 4.78 is 5.52. The third kappa shape index (κ3) is 13.9. The summed E-state index contributed by atoms with van der Waals surface area (Å²) in [6.45, 7) is 9.53. The molecule has 2 heteroatoms. The van der Waals surface area contributed by atoms with Crippen LogP contribution in [0.1, 0.15) is 72.1 Å². The van der Waals surface area contributed by atoms with E-state index in [1.54, 1.807) is 0 Å².